The fraction of sp³-hybridized carbons (Fsp3) is 0.320. The maximum atomic E-state index is 13.5. The number of hydrogen-bond acceptors (Lipinski definition) is 3. The number of likely N-dealkylation sites (tertiary alicyclic amines) is 1. The molecule has 1 fully saturated rings. The summed E-state index contributed by atoms with van der Waals surface area (Å²) in [5, 5.41) is 6.20. The molecule has 5 rings (SSSR count). The Morgan fingerprint density at radius 1 is 1.00 bits per heavy atom. The highest BCUT2D eigenvalue weighted by Crippen LogP contribution is 2.27. The highest BCUT2D eigenvalue weighted by atomic mass is 16.2. The minimum atomic E-state index is -0.219. The molecule has 0 spiro atoms. The molecule has 2 aromatic heterocycles. The number of fused-ring (bicyclic) bond motifs is 3. The maximum Gasteiger partial charge on any atom is 0.291 e. The van der Waals surface area contributed by atoms with Gasteiger partial charge < -0.3 is 9.47 Å². The number of para-hydroxylation sites is 1. The lowest BCUT2D eigenvalue weighted by atomic mass is 9.99. The molecule has 4 aromatic rings. The van der Waals surface area contributed by atoms with Crippen LogP contribution in [0.3, 0.4) is 0 Å². The van der Waals surface area contributed by atoms with E-state index < -0.39 is 0 Å². The number of carbonyl (C=O) groups is 1. The Morgan fingerprint density at radius 2 is 1.71 bits per heavy atom. The lowest BCUT2D eigenvalue weighted by Crippen LogP contribution is -2.41. The van der Waals surface area contributed by atoms with E-state index in [0.29, 0.717) is 18.0 Å². The minimum absolute atomic E-state index is 0.0178. The van der Waals surface area contributed by atoms with Gasteiger partial charge in [-0.25, -0.2) is 4.68 Å². The van der Waals surface area contributed by atoms with E-state index >= 15 is 0 Å². The van der Waals surface area contributed by atoms with Crippen LogP contribution in [0.1, 0.15) is 25.3 Å². The molecule has 0 aliphatic carbocycles. The standard InChI is InChI=1S/C25H26N4O2/c1-18-11-13-27(14-12-18)23(30)17-29-25(31)24-21(15-26-29)20-9-5-6-10-22(20)28(24)16-19-7-3-2-4-8-19/h2-10,15,18H,11-14,16-17H2,1H3. The zero-order valence-corrected chi connectivity index (χ0v) is 17.7. The van der Waals surface area contributed by atoms with Crippen LogP contribution < -0.4 is 5.56 Å². The quantitative estimate of drug-likeness (QED) is 0.512. The molecule has 1 aliphatic rings. The van der Waals surface area contributed by atoms with Gasteiger partial charge in [-0.05, 0) is 30.4 Å². The molecule has 3 heterocycles. The van der Waals surface area contributed by atoms with E-state index in [2.05, 4.69) is 24.2 Å². The van der Waals surface area contributed by atoms with Crippen molar-refractivity contribution in [2.24, 2.45) is 5.92 Å². The molecule has 0 unspecified atom stereocenters. The Labute approximate surface area is 180 Å². The fourth-order valence-electron chi connectivity index (χ4n) is 4.52. The predicted molar refractivity (Wildman–Crippen MR) is 122 cm³/mol. The molecule has 1 saturated heterocycles. The van der Waals surface area contributed by atoms with Crippen LogP contribution in [0.5, 0.6) is 0 Å². The Balaban J connectivity index is 1.57. The van der Waals surface area contributed by atoms with E-state index in [1.54, 1.807) is 6.20 Å². The molecule has 0 atom stereocenters. The summed E-state index contributed by atoms with van der Waals surface area (Å²) in [6, 6.07) is 18.1. The largest absolute Gasteiger partial charge is 0.341 e. The summed E-state index contributed by atoms with van der Waals surface area (Å²) >= 11 is 0. The second-order valence-corrected chi connectivity index (χ2v) is 8.52. The molecule has 0 radical (unpaired) electrons. The van der Waals surface area contributed by atoms with Crippen LogP contribution in [-0.4, -0.2) is 38.2 Å². The molecule has 0 N–H and O–H groups in total. The van der Waals surface area contributed by atoms with Gasteiger partial charge >= 0.3 is 0 Å². The Bertz CT molecular complexity index is 1300. The van der Waals surface area contributed by atoms with Crippen molar-refractivity contribution >= 4 is 27.7 Å². The highest BCUT2D eigenvalue weighted by Gasteiger charge is 2.22. The predicted octanol–water partition coefficient (Wildman–Crippen LogP) is 3.66. The van der Waals surface area contributed by atoms with Crippen molar-refractivity contribution in [3.63, 3.8) is 0 Å². The lowest BCUT2D eigenvalue weighted by Gasteiger charge is -2.30. The first kappa shape index (κ1) is 19.5. The first-order chi connectivity index (χ1) is 15.1. The Hall–Kier alpha value is -3.41. The number of benzene rings is 2. The molecular formula is C25H26N4O2. The van der Waals surface area contributed by atoms with Crippen LogP contribution in [0.25, 0.3) is 21.8 Å². The third-order valence-corrected chi connectivity index (χ3v) is 6.38. The average molecular weight is 415 g/mol. The number of nitrogens with zero attached hydrogens (tertiary/aromatic N) is 4. The van der Waals surface area contributed by atoms with Crippen molar-refractivity contribution in [3.8, 4) is 0 Å². The van der Waals surface area contributed by atoms with E-state index in [1.165, 1.54) is 4.68 Å². The molecular weight excluding hydrogens is 388 g/mol. The smallest absolute Gasteiger partial charge is 0.291 e. The van der Waals surface area contributed by atoms with Crippen LogP contribution in [0, 0.1) is 5.92 Å². The van der Waals surface area contributed by atoms with Gasteiger partial charge in [-0.1, -0.05) is 55.5 Å². The Kier molecular flexibility index (Phi) is 5.06. The lowest BCUT2D eigenvalue weighted by molar-refractivity contribution is -0.133. The monoisotopic (exact) mass is 414 g/mol. The molecule has 0 bridgehead atoms. The number of amides is 1. The molecule has 1 aliphatic heterocycles. The molecule has 6 nitrogen and oxygen atoms in total. The topological polar surface area (TPSA) is 60.1 Å². The van der Waals surface area contributed by atoms with Gasteiger partial charge in [0, 0.05) is 35.9 Å². The van der Waals surface area contributed by atoms with Gasteiger partial charge in [-0.3, -0.25) is 9.59 Å². The molecule has 158 valence electrons. The second-order valence-electron chi connectivity index (χ2n) is 8.52. The summed E-state index contributed by atoms with van der Waals surface area (Å²) < 4.78 is 3.37. The molecule has 1 amide bonds. The zero-order valence-electron chi connectivity index (χ0n) is 17.7. The first-order valence-electron chi connectivity index (χ1n) is 10.9. The SMILES string of the molecule is CC1CCN(C(=O)Cn2ncc3c4ccccc4n(Cc4ccccc4)c3c2=O)CC1. The van der Waals surface area contributed by atoms with Gasteiger partial charge in [-0.15, -0.1) is 0 Å². The fourth-order valence-corrected chi connectivity index (χ4v) is 4.52. The van der Waals surface area contributed by atoms with E-state index in [0.717, 1.165) is 47.8 Å². The van der Waals surface area contributed by atoms with Crippen molar-refractivity contribution in [3.05, 3.63) is 76.7 Å². The Morgan fingerprint density at radius 3 is 2.48 bits per heavy atom. The number of hydrogen-bond donors (Lipinski definition) is 0. The van der Waals surface area contributed by atoms with Gasteiger partial charge in [0.05, 0.1) is 6.20 Å². The van der Waals surface area contributed by atoms with Gasteiger partial charge in [0.15, 0.2) is 0 Å². The summed E-state index contributed by atoms with van der Waals surface area (Å²) in [7, 11) is 0. The molecule has 31 heavy (non-hydrogen) atoms. The second kappa shape index (κ2) is 8.02. The number of aromatic nitrogens is 3. The zero-order chi connectivity index (χ0) is 21.4. The van der Waals surface area contributed by atoms with E-state index in [-0.39, 0.29) is 18.0 Å². The molecule has 0 saturated carbocycles. The van der Waals surface area contributed by atoms with Crippen molar-refractivity contribution in [1.82, 2.24) is 19.2 Å². The normalized spacial score (nSPS) is 15.1. The van der Waals surface area contributed by atoms with Crippen LogP contribution in [0.2, 0.25) is 0 Å². The van der Waals surface area contributed by atoms with Crippen LogP contribution in [0.15, 0.2) is 65.6 Å². The maximum absolute atomic E-state index is 13.5. The van der Waals surface area contributed by atoms with Crippen molar-refractivity contribution < 1.29 is 4.79 Å². The van der Waals surface area contributed by atoms with Gasteiger partial charge in [0.1, 0.15) is 12.1 Å². The summed E-state index contributed by atoms with van der Waals surface area (Å²) in [5.74, 6) is 0.613. The van der Waals surface area contributed by atoms with Gasteiger partial charge in [0.2, 0.25) is 5.91 Å². The average Bonchev–Trinajstić information content (AvgIpc) is 3.11. The van der Waals surface area contributed by atoms with Crippen molar-refractivity contribution in [2.45, 2.75) is 32.9 Å². The first-order valence-corrected chi connectivity index (χ1v) is 10.9. The van der Waals surface area contributed by atoms with Crippen LogP contribution in [0.4, 0.5) is 0 Å². The summed E-state index contributed by atoms with van der Waals surface area (Å²) in [6.45, 7) is 4.29. The van der Waals surface area contributed by atoms with Gasteiger partial charge in [-0.2, -0.15) is 5.10 Å². The van der Waals surface area contributed by atoms with Gasteiger partial charge in [0.25, 0.3) is 5.56 Å². The van der Waals surface area contributed by atoms with Crippen molar-refractivity contribution in [2.75, 3.05) is 13.1 Å². The highest BCUT2D eigenvalue weighted by molar-refractivity contribution is 6.07. The van der Waals surface area contributed by atoms with E-state index in [9.17, 15) is 9.59 Å². The van der Waals surface area contributed by atoms with E-state index in [1.807, 2.05) is 51.9 Å². The van der Waals surface area contributed by atoms with Crippen LogP contribution >= 0.6 is 0 Å². The molecule has 6 heteroatoms. The summed E-state index contributed by atoms with van der Waals surface area (Å²) in [5.41, 5.74) is 2.49. The number of carbonyl (C=O) groups excluding carboxylic acids is 1. The third kappa shape index (κ3) is 3.63. The van der Waals surface area contributed by atoms with Crippen molar-refractivity contribution in [1.29, 1.82) is 0 Å². The molecule has 2 aromatic carbocycles. The number of piperidine rings is 1. The van der Waals surface area contributed by atoms with E-state index in [4.69, 9.17) is 0 Å². The third-order valence-electron chi connectivity index (χ3n) is 6.38. The number of rotatable bonds is 4. The minimum Gasteiger partial charge on any atom is -0.341 e. The summed E-state index contributed by atoms with van der Waals surface area (Å²) in [6.07, 6.45) is 3.75. The van der Waals surface area contributed by atoms with Crippen LogP contribution in [-0.2, 0) is 17.9 Å². The summed E-state index contributed by atoms with van der Waals surface area (Å²) in [4.78, 5) is 28.2.